The fraction of sp³-hybridized carbons (Fsp3) is 0.579. The number of sulfonamides is 1. The maximum atomic E-state index is 12.2. The number of nitrogens with one attached hydrogen (secondary N) is 1. The van der Waals surface area contributed by atoms with Crippen molar-refractivity contribution < 1.29 is 18.0 Å². The van der Waals surface area contributed by atoms with E-state index in [1.807, 2.05) is 0 Å². The molecule has 1 aliphatic carbocycles. The van der Waals surface area contributed by atoms with E-state index in [0.29, 0.717) is 11.3 Å². The first-order valence-corrected chi connectivity index (χ1v) is 11.0. The van der Waals surface area contributed by atoms with Crippen LogP contribution >= 0.6 is 0 Å². The lowest BCUT2D eigenvalue weighted by atomic mass is 10.1. The molecule has 1 N–H and O–H groups in total. The topological polar surface area (TPSA) is 83.6 Å². The Morgan fingerprint density at radius 3 is 2.15 bits per heavy atom. The fourth-order valence-corrected chi connectivity index (χ4v) is 4.56. The molecular weight excluding hydrogens is 352 g/mol. The Hall–Kier alpha value is -1.73. The quantitative estimate of drug-likeness (QED) is 0.581. The number of ketones is 1. The van der Waals surface area contributed by atoms with Crippen LogP contribution in [0.1, 0.15) is 62.2 Å². The van der Waals surface area contributed by atoms with Crippen LogP contribution in [0.2, 0.25) is 0 Å². The molecule has 0 aromatic heterocycles. The van der Waals surface area contributed by atoms with Crippen molar-refractivity contribution in [3.8, 4) is 0 Å². The highest BCUT2D eigenvalue weighted by atomic mass is 32.2. The molecular formula is C19H28N2O4S. The number of hydrogen-bond donors (Lipinski definition) is 1. The molecule has 1 aromatic rings. The molecule has 1 amide bonds. The number of nitrogens with zero attached hydrogens (tertiary/aromatic N) is 1. The predicted octanol–water partition coefficient (Wildman–Crippen LogP) is 3.20. The highest BCUT2D eigenvalue weighted by Crippen LogP contribution is 2.24. The Balaban J connectivity index is 1.94. The molecule has 0 aliphatic heterocycles. The van der Waals surface area contributed by atoms with Gasteiger partial charge >= 0.3 is 0 Å². The van der Waals surface area contributed by atoms with E-state index in [0.717, 1.165) is 38.5 Å². The summed E-state index contributed by atoms with van der Waals surface area (Å²) in [6, 6.07) is 6.66. The summed E-state index contributed by atoms with van der Waals surface area (Å²) in [5.41, 5.74) is 1.18. The van der Waals surface area contributed by atoms with Gasteiger partial charge in [0, 0.05) is 30.3 Å². The highest BCUT2D eigenvalue weighted by Gasteiger charge is 2.27. The van der Waals surface area contributed by atoms with Gasteiger partial charge in [-0.25, -0.2) is 8.42 Å². The van der Waals surface area contributed by atoms with Gasteiger partial charge in [0.1, 0.15) is 0 Å². The largest absolute Gasteiger partial charge is 0.326 e. The summed E-state index contributed by atoms with van der Waals surface area (Å²) in [5, 5.41) is 2.76. The molecule has 7 heteroatoms. The van der Waals surface area contributed by atoms with Crippen LogP contribution in [-0.2, 0) is 14.8 Å². The minimum absolute atomic E-state index is 0.00449. The Kier molecular flexibility index (Phi) is 7.34. The van der Waals surface area contributed by atoms with E-state index in [2.05, 4.69) is 5.32 Å². The summed E-state index contributed by atoms with van der Waals surface area (Å²) in [4.78, 5) is 23.5. The molecule has 2 rings (SSSR count). The van der Waals surface area contributed by atoms with Gasteiger partial charge in [0.25, 0.3) is 0 Å². The zero-order valence-corrected chi connectivity index (χ0v) is 16.3. The molecule has 1 aromatic carbocycles. The van der Waals surface area contributed by atoms with Crippen molar-refractivity contribution in [2.45, 2.75) is 57.9 Å². The average molecular weight is 381 g/mol. The smallest absolute Gasteiger partial charge is 0.225 e. The summed E-state index contributed by atoms with van der Waals surface area (Å²) in [6.07, 6.45) is 7.41. The number of carbonyl (C=O) groups is 2. The van der Waals surface area contributed by atoms with Gasteiger partial charge in [0.2, 0.25) is 15.9 Å². The van der Waals surface area contributed by atoms with Crippen LogP contribution in [0, 0.1) is 0 Å². The second kappa shape index (κ2) is 9.28. The molecule has 0 spiro atoms. The van der Waals surface area contributed by atoms with Gasteiger partial charge in [0.15, 0.2) is 5.78 Å². The Labute approximate surface area is 156 Å². The van der Waals surface area contributed by atoms with E-state index >= 15 is 0 Å². The summed E-state index contributed by atoms with van der Waals surface area (Å²) in [5.74, 6) is -0.266. The van der Waals surface area contributed by atoms with Crippen molar-refractivity contribution in [3.05, 3.63) is 29.8 Å². The number of benzene rings is 1. The van der Waals surface area contributed by atoms with E-state index in [-0.39, 0.29) is 30.7 Å². The van der Waals surface area contributed by atoms with Crippen LogP contribution in [0.4, 0.5) is 5.69 Å². The Morgan fingerprint density at radius 2 is 1.65 bits per heavy atom. The van der Waals surface area contributed by atoms with Crippen LogP contribution in [0.25, 0.3) is 0 Å². The molecule has 26 heavy (non-hydrogen) atoms. The number of rotatable bonds is 7. The summed E-state index contributed by atoms with van der Waals surface area (Å²) in [6.45, 7) is 1.68. The minimum atomic E-state index is -3.35. The molecule has 0 bridgehead atoms. The second-order valence-electron chi connectivity index (χ2n) is 6.95. The third-order valence-electron chi connectivity index (χ3n) is 4.79. The van der Waals surface area contributed by atoms with Crippen molar-refractivity contribution >= 4 is 27.4 Å². The number of hydrogen-bond acceptors (Lipinski definition) is 4. The maximum absolute atomic E-state index is 12.2. The molecule has 0 heterocycles. The number of carbonyl (C=O) groups excluding carboxylic acids is 2. The Morgan fingerprint density at radius 1 is 1.08 bits per heavy atom. The van der Waals surface area contributed by atoms with E-state index in [1.54, 1.807) is 24.3 Å². The van der Waals surface area contributed by atoms with E-state index in [4.69, 9.17) is 0 Å². The molecule has 0 unspecified atom stereocenters. The molecule has 1 fully saturated rings. The van der Waals surface area contributed by atoms with E-state index in [9.17, 15) is 18.0 Å². The summed E-state index contributed by atoms with van der Waals surface area (Å²) < 4.78 is 25.9. The molecule has 0 atom stereocenters. The van der Waals surface area contributed by atoms with Gasteiger partial charge in [0.05, 0.1) is 6.26 Å². The van der Waals surface area contributed by atoms with Gasteiger partial charge < -0.3 is 5.32 Å². The monoisotopic (exact) mass is 380 g/mol. The number of anilines is 1. The van der Waals surface area contributed by atoms with Crippen molar-refractivity contribution in [1.82, 2.24) is 4.31 Å². The van der Waals surface area contributed by atoms with Crippen molar-refractivity contribution in [2.24, 2.45) is 0 Å². The molecule has 6 nitrogen and oxygen atoms in total. The molecule has 0 saturated heterocycles. The van der Waals surface area contributed by atoms with Gasteiger partial charge in [-0.15, -0.1) is 0 Å². The lowest BCUT2D eigenvalue weighted by molar-refractivity contribution is -0.116. The third kappa shape index (κ3) is 6.21. The van der Waals surface area contributed by atoms with Gasteiger partial charge in [-0.05, 0) is 44.0 Å². The van der Waals surface area contributed by atoms with Crippen LogP contribution < -0.4 is 5.32 Å². The molecule has 1 saturated carbocycles. The average Bonchev–Trinajstić information content (AvgIpc) is 2.83. The van der Waals surface area contributed by atoms with Gasteiger partial charge in [-0.3, -0.25) is 9.59 Å². The van der Waals surface area contributed by atoms with Gasteiger partial charge in [-0.1, -0.05) is 25.7 Å². The highest BCUT2D eigenvalue weighted by molar-refractivity contribution is 7.88. The van der Waals surface area contributed by atoms with Crippen LogP contribution in [0.15, 0.2) is 24.3 Å². The Bertz CT molecular complexity index is 720. The van der Waals surface area contributed by atoms with Gasteiger partial charge in [-0.2, -0.15) is 4.31 Å². The minimum Gasteiger partial charge on any atom is -0.326 e. The van der Waals surface area contributed by atoms with Crippen LogP contribution in [0.5, 0.6) is 0 Å². The fourth-order valence-electron chi connectivity index (χ4n) is 3.39. The molecule has 0 radical (unpaired) electrons. The standard InChI is InChI=1S/C19H28N2O4S/c1-15(22)16-9-11-17(12-10-16)20-19(23)13-14-21(26(2,24)25)18-7-5-3-4-6-8-18/h9-12,18H,3-8,13-14H2,1-2H3,(H,20,23). The lowest BCUT2D eigenvalue weighted by Crippen LogP contribution is -2.41. The van der Waals surface area contributed by atoms with Crippen LogP contribution in [0.3, 0.4) is 0 Å². The maximum Gasteiger partial charge on any atom is 0.225 e. The number of amides is 1. The molecule has 144 valence electrons. The predicted molar refractivity (Wildman–Crippen MR) is 103 cm³/mol. The van der Waals surface area contributed by atoms with Crippen molar-refractivity contribution in [2.75, 3.05) is 18.1 Å². The van der Waals surface area contributed by atoms with E-state index < -0.39 is 10.0 Å². The first kappa shape index (κ1) is 20.6. The third-order valence-corrected chi connectivity index (χ3v) is 6.13. The zero-order valence-electron chi connectivity index (χ0n) is 15.5. The van der Waals surface area contributed by atoms with Crippen molar-refractivity contribution in [3.63, 3.8) is 0 Å². The lowest BCUT2D eigenvalue weighted by Gasteiger charge is -2.28. The summed E-state index contributed by atoms with van der Waals surface area (Å²) >= 11 is 0. The first-order chi connectivity index (χ1) is 12.3. The first-order valence-electron chi connectivity index (χ1n) is 9.15. The SMILES string of the molecule is CC(=O)c1ccc(NC(=O)CCN(C2CCCCCC2)S(C)(=O)=O)cc1. The summed E-state index contributed by atoms with van der Waals surface area (Å²) in [7, 11) is -3.35. The van der Waals surface area contributed by atoms with E-state index in [1.165, 1.54) is 17.5 Å². The number of Topliss-reactive ketones (excluding diaryl/α,β-unsaturated/α-hetero) is 1. The second-order valence-corrected chi connectivity index (χ2v) is 8.89. The normalized spacial score (nSPS) is 16.3. The van der Waals surface area contributed by atoms with Crippen molar-refractivity contribution in [1.29, 1.82) is 0 Å². The molecule has 1 aliphatic rings. The zero-order chi connectivity index (χ0) is 19.2. The van der Waals surface area contributed by atoms with Crippen LogP contribution in [-0.4, -0.2) is 43.3 Å².